The van der Waals surface area contributed by atoms with Gasteiger partial charge >= 0.3 is 0 Å². The molecular weight excluding hydrogens is 709 g/mol. The highest BCUT2D eigenvalue weighted by atomic mass is 16.3. The number of furan rings is 2. The largest absolute Gasteiger partial charge is 0.456 e. The summed E-state index contributed by atoms with van der Waals surface area (Å²) in [5, 5.41) is 4.35. The lowest BCUT2D eigenvalue weighted by Crippen LogP contribution is -2.12. The van der Waals surface area contributed by atoms with Crippen LogP contribution >= 0.6 is 0 Å². The van der Waals surface area contributed by atoms with Crippen LogP contribution in [0.3, 0.4) is 0 Å². The SMILES string of the molecule is c1ccc(-c2ccc(N(c3ccc(-c4ccccc4)cc3)c3ccc(N(c4ccc5oc6ccccc6c5c4)c4ccc5oc6ccccc6c5c4)cc3)cc2)cc1. The van der Waals surface area contributed by atoms with Gasteiger partial charge in [0.15, 0.2) is 0 Å². The first-order valence-corrected chi connectivity index (χ1v) is 19.6. The van der Waals surface area contributed by atoms with E-state index in [0.717, 1.165) is 78.0 Å². The van der Waals surface area contributed by atoms with Crippen LogP contribution in [0, 0.1) is 0 Å². The van der Waals surface area contributed by atoms with Crippen LogP contribution in [0.15, 0.2) is 227 Å². The van der Waals surface area contributed by atoms with Crippen LogP contribution in [0.2, 0.25) is 0 Å². The van der Waals surface area contributed by atoms with Gasteiger partial charge in [-0.1, -0.05) is 121 Å². The fraction of sp³-hybridized carbons (Fsp3) is 0. The maximum Gasteiger partial charge on any atom is 0.135 e. The highest BCUT2D eigenvalue weighted by molar-refractivity contribution is 6.08. The number of hydrogen-bond acceptors (Lipinski definition) is 4. The van der Waals surface area contributed by atoms with Crippen molar-refractivity contribution in [3.63, 3.8) is 0 Å². The summed E-state index contributed by atoms with van der Waals surface area (Å²) in [5.41, 5.74) is 14.5. The molecule has 11 rings (SSSR count). The first kappa shape index (κ1) is 33.5. The second-order valence-electron chi connectivity index (χ2n) is 14.6. The Hall–Kier alpha value is -7.82. The van der Waals surface area contributed by atoms with Crippen LogP contribution in [-0.4, -0.2) is 0 Å². The first-order valence-electron chi connectivity index (χ1n) is 19.6. The van der Waals surface area contributed by atoms with Crippen LogP contribution in [0.25, 0.3) is 66.1 Å². The van der Waals surface area contributed by atoms with E-state index >= 15 is 0 Å². The molecule has 0 aliphatic heterocycles. The Labute approximate surface area is 336 Å². The number of rotatable bonds is 8. The lowest BCUT2D eigenvalue weighted by Gasteiger charge is -2.28. The van der Waals surface area contributed by atoms with E-state index in [1.165, 1.54) is 22.3 Å². The monoisotopic (exact) mass is 744 g/mol. The average Bonchev–Trinajstić information content (AvgIpc) is 3.86. The number of nitrogens with zero attached hydrogens (tertiary/aromatic N) is 2. The third-order valence-electron chi connectivity index (χ3n) is 11.1. The topological polar surface area (TPSA) is 32.8 Å². The second-order valence-corrected chi connectivity index (χ2v) is 14.6. The van der Waals surface area contributed by atoms with Crippen molar-refractivity contribution in [1.82, 2.24) is 0 Å². The van der Waals surface area contributed by atoms with Gasteiger partial charge in [0.2, 0.25) is 0 Å². The van der Waals surface area contributed by atoms with Gasteiger partial charge in [-0.3, -0.25) is 0 Å². The van der Waals surface area contributed by atoms with Crippen LogP contribution in [0.4, 0.5) is 34.1 Å². The van der Waals surface area contributed by atoms with Gasteiger partial charge in [-0.15, -0.1) is 0 Å². The van der Waals surface area contributed by atoms with Crippen LogP contribution < -0.4 is 9.80 Å². The summed E-state index contributed by atoms with van der Waals surface area (Å²) in [7, 11) is 0. The van der Waals surface area contributed by atoms with Gasteiger partial charge in [0.1, 0.15) is 22.3 Å². The molecule has 274 valence electrons. The Morgan fingerprint density at radius 2 is 0.517 bits per heavy atom. The predicted molar refractivity (Wildman–Crippen MR) is 241 cm³/mol. The summed E-state index contributed by atoms with van der Waals surface area (Å²) in [6.45, 7) is 0. The zero-order valence-electron chi connectivity index (χ0n) is 31.5. The van der Waals surface area contributed by atoms with Crippen molar-refractivity contribution in [2.75, 3.05) is 9.80 Å². The molecule has 0 fully saturated rings. The molecule has 4 nitrogen and oxygen atoms in total. The van der Waals surface area contributed by atoms with Crippen molar-refractivity contribution >= 4 is 78.0 Å². The summed E-state index contributed by atoms with van der Waals surface area (Å²) in [6, 6.07) is 77.0. The van der Waals surface area contributed by atoms with E-state index in [1.807, 2.05) is 24.3 Å². The van der Waals surface area contributed by atoms with Crippen LogP contribution in [-0.2, 0) is 0 Å². The summed E-state index contributed by atoms with van der Waals surface area (Å²) < 4.78 is 12.5. The summed E-state index contributed by atoms with van der Waals surface area (Å²) in [5.74, 6) is 0. The Bertz CT molecular complexity index is 3010. The molecule has 0 N–H and O–H groups in total. The fourth-order valence-electron chi connectivity index (χ4n) is 8.22. The first-order chi connectivity index (χ1) is 28.7. The van der Waals surface area contributed by atoms with Crippen molar-refractivity contribution in [3.8, 4) is 22.3 Å². The number of hydrogen-bond donors (Lipinski definition) is 0. The van der Waals surface area contributed by atoms with Crippen molar-refractivity contribution in [3.05, 3.63) is 218 Å². The number of anilines is 6. The molecule has 2 heterocycles. The molecule has 0 saturated carbocycles. The normalized spacial score (nSPS) is 11.4. The second kappa shape index (κ2) is 14.0. The molecule has 4 heteroatoms. The molecule has 0 amide bonds. The van der Waals surface area contributed by atoms with E-state index in [9.17, 15) is 0 Å². The molecule has 0 atom stereocenters. The van der Waals surface area contributed by atoms with Gasteiger partial charge in [0.25, 0.3) is 0 Å². The Morgan fingerprint density at radius 1 is 0.224 bits per heavy atom. The zero-order valence-corrected chi connectivity index (χ0v) is 31.5. The third kappa shape index (κ3) is 5.96. The van der Waals surface area contributed by atoms with Gasteiger partial charge in [0, 0.05) is 55.7 Å². The average molecular weight is 745 g/mol. The molecule has 0 saturated heterocycles. The maximum atomic E-state index is 6.25. The molecular formula is C54H36N2O2. The Kier molecular flexibility index (Phi) is 8.11. The van der Waals surface area contributed by atoms with E-state index in [4.69, 9.17) is 8.83 Å². The minimum absolute atomic E-state index is 0.865. The highest BCUT2D eigenvalue weighted by Gasteiger charge is 2.19. The van der Waals surface area contributed by atoms with E-state index < -0.39 is 0 Å². The molecule has 0 bridgehead atoms. The van der Waals surface area contributed by atoms with Gasteiger partial charge in [0.05, 0.1) is 0 Å². The Balaban J connectivity index is 1.04. The number of para-hydroxylation sites is 2. The molecule has 58 heavy (non-hydrogen) atoms. The quantitative estimate of drug-likeness (QED) is 0.155. The van der Waals surface area contributed by atoms with Gasteiger partial charge in [-0.2, -0.15) is 0 Å². The third-order valence-corrected chi connectivity index (χ3v) is 11.1. The molecule has 9 aromatic carbocycles. The molecule has 0 unspecified atom stereocenters. The van der Waals surface area contributed by atoms with Crippen molar-refractivity contribution in [2.24, 2.45) is 0 Å². The van der Waals surface area contributed by atoms with Crippen LogP contribution in [0.5, 0.6) is 0 Å². The number of fused-ring (bicyclic) bond motifs is 6. The molecule has 0 aliphatic rings. The van der Waals surface area contributed by atoms with Gasteiger partial charge in [-0.05, 0) is 119 Å². The summed E-state index contributed by atoms with van der Waals surface area (Å²) in [4.78, 5) is 4.64. The highest BCUT2D eigenvalue weighted by Crippen LogP contribution is 2.43. The van der Waals surface area contributed by atoms with E-state index in [1.54, 1.807) is 0 Å². The predicted octanol–water partition coefficient (Wildman–Crippen LogP) is 15.8. The van der Waals surface area contributed by atoms with E-state index in [0.29, 0.717) is 0 Å². The zero-order chi connectivity index (χ0) is 38.4. The standard InChI is InChI=1S/C54H36N2O2/c1-3-11-37(12-4-1)39-19-23-41(24-20-39)55(42-25-21-40(22-26-42)38-13-5-2-6-14-38)43-27-29-44(30-28-43)56(45-31-33-53-49(35-45)47-15-7-9-17-51(47)57-53)46-32-34-54-50(36-46)48-16-8-10-18-52(48)58-54/h1-36H. The van der Waals surface area contributed by atoms with Crippen molar-refractivity contribution in [2.45, 2.75) is 0 Å². The van der Waals surface area contributed by atoms with Crippen molar-refractivity contribution < 1.29 is 8.83 Å². The minimum Gasteiger partial charge on any atom is -0.456 e. The smallest absolute Gasteiger partial charge is 0.135 e. The minimum atomic E-state index is 0.865. The van der Waals surface area contributed by atoms with E-state index in [2.05, 4.69) is 204 Å². The fourth-order valence-corrected chi connectivity index (χ4v) is 8.22. The van der Waals surface area contributed by atoms with Gasteiger partial charge in [-0.25, -0.2) is 0 Å². The summed E-state index contributed by atoms with van der Waals surface area (Å²) in [6.07, 6.45) is 0. The lowest BCUT2D eigenvalue weighted by molar-refractivity contribution is 0.668. The molecule has 11 aromatic rings. The summed E-state index contributed by atoms with van der Waals surface area (Å²) >= 11 is 0. The molecule has 0 spiro atoms. The molecule has 0 radical (unpaired) electrons. The van der Waals surface area contributed by atoms with E-state index in [-0.39, 0.29) is 0 Å². The lowest BCUT2D eigenvalue weighted by atomic mass is 10.0. The van der Waals surface area contributed by atoms with Gasteiger partial charge < -0.3 is 18.6 Å². The molecule has 2 aromatic heterocycles. The Morgan fingerprint density at radius 3 is 0.931 bits per heavy atom. The number of benzene rings is 9. The van der Waals surface area contributed by atoms with Crippen molar-refractivity contribution in [1.29, 1.82) is 0 Å². The molecule has 0 aliphatic carbocycles. The maximum absolute atomic E-state index is 6.25. The van der Waals surface area contributed by atoms with Crippen LogP contribution in [0.1, 0.15) is 0 Å².